The molecule has 0 rings (SSSR count). The van der Waals surface area contributed by atoms with Crippen molar-refractivity contribution >= 4 is 12.4 Å². The molecule has 13 heavy (non-hydrogen) atoms. The average molecular weight is 186 g/mol. The van der Waals surface area contributed by atoms with Gasteiger partial charge < -0.3 is 4.74 Å². The summed E-state index contributed by atoms with van der Waals surface area (Å²) < 4.78 is 4.98. The number of amides is 1. The Kier molecular flexibility index (Phi) is 4.45. The van der Waals surface area contributed by atoms with Crippen LogP contribution in [0.5, 0.6) is 0 Å². The van der Waals surface area contributed by atoms with Crippen molar-refractivity contribution in [2.45, 2.75) is 46.3 Å². The number of nitrogens with zero attached hydrogens (tertiary/aromatic N) is 1. The molecule has 0 aromatic heterocycles. The molecule has 0 radical (unpaired) electrons. The van der Waals surface area contributed by atoms with E-state index in [1.165, 1.54) is 6.34 Å². The maximum atomic E-state index is 11.0. The van der Waals surface area contributed by atoms with Gasteiger partial charge in [-0.3, -0.25) is 10.3 Å². The highest BCUT2D eigenvalue weighted by Crippen LogP contribution is 2.05. The third kappa shape index (κ3) is 8.85. The summed E-state index contributed by atoms with van der Waals surface area (Å²) in [6, 6.07) is 0.176. The largest absolute Gasteiger partial charge is 0.444 e. The quantitative estimate of drug-likeness (QED) is 0.529. The molecule has 0 saturated heterocycles. The van der Waals surface area contributed by atoms with E-state index in [2.05, 4.69) is 10.3 Å². The molecule has 0 heterocycles. The normalized spacial score (nSPS) is 12.2. The van der Waals surface area contributed by atoms with Crippen LogP contribution in [0.4, 0.5) is 4.79 Å². The predicted molar refractivity (Wildman–Crippen MR) is 53.0 cm³/mol. The molecule has 76 valence electrons. The summed E-state index contributed by atoms with van der Waals surface area (Å²) in [7, 11) is 0. The maximum absolute atomic E-state index is 11.0. The molecule has 0 saturated carbocycles. The Morgan fingerprint density at radius 1 is 1.46 bits per heavy atom. The van der Waals surface area contributed by atoms with Gasteiger partial charge in [0.2, 0.25) is 0 Å². The number of alkyl carbamates (subject to hydrolysis) is 1. The smallest absolute Gasteiger partial charge is 0.412 e. The van der Waals surface area contributed by atoms with E-state index in [4.69, 9.17) is 4.74 Å². The van der Waals surface area contributed by atoms with Crippen LogP contribution in [0.2, 0.25) is 0 Å². The van der Waals surface area contributed by atoms with E-state index in [1.807, 2.05) is 34.6 Å². The van der Waals surface area contributed by atoms with Gasteiger partial charge in [0.1, 0.15) is 5.60 Å². The first-order chi connectivity index (χ1) is 5.81. The zero-order chi connectivity index (χ0) is 10.5. The first-order valence-electron chi connectivity index (χ1n) is 4.32. The summed E-state index contributed by atoms with van der Waals surface area (Å²) in [5.74, 6) is 0. The molecule has 0 aliphatic carbocycles. The number of hydrogen-bond acceptors (Lipinski definition) is 3. The fourth-order valence-electron chi connectivity index (χ4n) is 0.547. The van der Waals surface area contributed by atoms with Gasteiger partial charge in [-0.2, -0.15) is 0 Å². The van der Waals surface area contributed by atoms with Crippen molar-refractivity contribution in [1.82, 2.24) is 5.32 Å². The first kappa shape index (κ1) is 11.9. The van der Waals surface area contributed by atoms with Crippen LogP contribution in [-0.2, 0) is 4.74 Å². The second-order valence-electron chi connectivity index (χ2n) is 4.02. The van der Waals surface area contributed by atoms with Crippen LogP contribution in [0.1, 0.15) is 34.6 Å². The van der Waals surface area contributed by atoms with Crippen molar-refractivity contribution in [3.05, 3.63) is 0 Å². The van der Waals surface area contributed by atoms with Gasteiger partial charge in [0.25, 0.3) is 0 Å². The summed E-state index contributed by atoms with van der Waals surface area (Å²) >= 11 is 0. The lowest BCUT2D eigenvalue weighted by Crippen LogP contribution is -2.31. The molecule has 0 aliphatic heterocycles. The maximum Gasteiger partial charge on any atom is 0.412 e. The van der Waals surface area contributed by atoms with Crippen molar-refractivity contribution in [2.75, 3.05) is 0 Å². The standard InChI is InChI=1S/C9H18N2O2/c1-7(2)10-6-11-8(12)13-9(3,4)5/h6-7H,1-5H3,(H,10,11,12). The fraction of sp³-hybridized carbons (Fsp3) is 0.778. The highest BCUT2D eigenvalue weighted by molar-refractivity contribution is 5.82. The van der Waals surface area contributed by atoms with Crippen LogP contribution in [0.25, 0.3) is 0 Å². The van der Waals surface area contributed by atoms with Crippen LogP contribution in [0.3, 0.4) is 0 Å². The Bertz CT molecular complexity index is 192. The average Bonchev–Trinajstić information content (AvgIpc) is 1.81. The number of carbonyl (C=O) groups is 1. The molecule has 0 aromatic rings. The van der Waals surface area contributed by atoms with Crippen molar-refractivity contribution in [2.24, 2.45) is 4.99 Å². The van der Waals surface area contributed by atoms with Crippen molar-refractivity contribution in [1.29, 1.82) is 0 Å². The van der Waals surface area contributed by atoms with E-state index >= 15 is 0 Å². The van der Waals surface area contributed by atoms with E-state index in [0.29, 0.717) is 0 Å². The van der Waals surface area contributed by atoms with Gasteiger partial charge in [0, 0.05) is 6.04 Å². The van der Waals surface area contributed by atoms with Crippen LogP contribution in [0, 0.1) is 0 Å². The Morgan fingerprint density at radius 3 is 2.38 bits per heavy atom. The molecule has 1 amide bonds. The van der Waals surface area contributed by atoms with E-state index in [9.17, 15) is 4.79 Å². The van der Waals surface area contributed by atoms with Gasteiger partial charge in [0.15, 0.2) is 0 Å². The lowest BCUT2D eigenvalue weighted by atomic mass is 10.2. The van der Waals surface area contributed by atoms with Crippen LogP contribution >= 0.6 is 0 Å². The summed E-state index contributed by atoms with van der Waals surface area (Å²) in [5.41, 5.74) is -0.463. The molecular weight excluding hydrogens is 168 g/mol. The zero-order valence-electron chi connectivity index (χ0n) is 8.92. The summed E-state index contributed by atoms with van der Waals surface area (Å²) in [5, 5.41) is 2.42. The number of nitrogens with one attached hydrogen (secondary N) is 1. The number of rotatable bonds is 2. The fourth-order valence-corrected chi connectivity index (χ4v) is 0.547. The van der Waals surface area contributed by atoms with Gasteiger partial charge in [-0.15, -0.1) is 0 Å². The highest BCUT2D eigenvalue weighted by atomic mass is 16.6. The molecule has 1 N–H and O–H groups in total. The van der Waals surface area contributed by atoms with Crippen molar-refractivity contribution < 1.29 is 9.53 Å². The summed E-state index contributed by atoms with van der Waals surface area (Å²) in [6.45, 7) is 9.28. The SMILES string of the molecule is CC(C)N=CNC(=O)OC(C)(C)C. The number of ether oxygens (including phenoxy) is 1. The topological polar surface area (TPSA) is 50.7 Å². The van der Waals surface area contributed by atoms with Gasteiger partial charge in [-0.25, -0.2) is 4.79 Å². The monoisotopic (exact) mass is 186 g/mol. The number of carbonyl (C=O) groups excluding carboxylic acids is 1. The molecule has 0 bridgehead atoms. The first-order valence-corrected chi connectivity index (χ1v) is 4.32. The Balaban J connectivity index is 3.77. The lowest BCUT2D eigenvalue weighted by molar-refractivity contribution is 0.0565. The second kappa shape index (κ2) is 4.84. The van der Waals surface area contributed by atoms with Crippen molar-refractivity contribution in [3.63, 3.8) is 0 Å². The minimum atomic E-state index is -0.475. The lowest BCUT2D eigenvalue weighted by Gasteiger charge is -2.18. The molecule has 0 aromatic carbocycles. The molecule has 4 nitrogen and oxygen atoms in total. The second-order valence-corrected chi connectivity index (χ2v) is 4.02. The minimum Gasteiger partial charge on any atom is -0.444 e. The Morgan fingerprint density at radius 2 is 2.00 bits per heavy atom. The van der Waals surface area contributed by atoms with Crippen molar-refractivity contribution in [3.8, 4) is 0 Å². The molecule has 0 spiro atoms. The van der Waals surface area contributed by atoms with Crippen LogP contribution in [0.15, 0.2) is 4.99 Å². The molecule has 0 aliphatic rings. The van der Waals surface area contributed by atoms with Gasteiger partial charge in [-0.05, 0) is 34.6 Å². The van der Waals surface area contributed by atoms with Gasteiger partial charge in [-0.1, -0.05) is 0 Å². The Hall–Kier alpha value is -1.06. The highest BCUT2D eigenvalue weighted by Gasteiger charge is 2.14. The number of hydrogen-bond donors (Lipinski definition) is 1. The van der Waals surface area contributed by atoms with E-state index in [-0.39, 0.29) is 6.04 Å². The third-order valence-electron chi connectivity index (χ3n) is 0.954. The van der Waals surface area contributed by atoms with E-state index in [1.54, 1.807) is 0 Å². The summed E-state index contributed by atoms with van der Waals surface area (Å²) in [4.78, 5) is 15.0. The molecule has 0 unspecified atom stereocenters. The molecular formula is C9H18N2O2. The summed E-state index contributed by atoms with van der Waals surface area (Å²) in [6.07, 6.45) is 0.885. The van der Waals surface area contributed by atoms with Gasteiger partial charge >= 0.3 is 6.09 Å². The van der Waals surface area contributed by atoms with Crippen LogP contribution < -0.4 is 5.32 Å². The molecule has 0 atom stereocenters. The Labute approximate surface area is 79.4 Å². The predicted octanol–water partition coefficient (Wildman–Crippen LogP) is 1.95. The van der Waals surface area contributed by atoms with Gasteiger partial charge in [0.05, 0.1) is 6.34 Å². The third-order valence-corrected chi connectivity index (χ3v) is 0.954. The molecule has 0 fully saturated rings. The molecule has 4 heteroatoms. The minimum absolute atomic E-state index is 0.176. The van der Waals surface area contributed by atoms with E-state index in [0.717, 1.165) is 0 Å². The number of aliphatic imine (C=N–C) groups is 1. The zero-order valence-corrected chi connectivity index (χ0v) is 8.92. The van der Waals surface area contributed by atoms with Crippen LogP contribution in [-0.4, -0.2) is 24.1 Å². The van der Waals surface area contributed by atoms with E-state index < -0.39 is 11.7 Å².